The summed E-state index contributed by atoms with van der Waals surface area (Å²) < 4.78 is 9.15. The van der Waals surface area contributed by atoms with E-state index in [-0.39, 0.29) is 42.5 Å². The van der Waals surface area contributed by atoms with Gasteiger partial charge in [0, 0.05) is 100 Å². The third-order valence-corrected chi connectivity index (χ3v) is 10.4. The Morgan fingerprint density at radius 3 is 1.19 bits per heavy atom. The number of hydrogen-bond donors (Lipinski definition) is 6. The van der Waals surface area contributed by atoms with Crippen LogP contribution in [0, 0.1) is 0 Å². The molecule has 0 bridgehead atoms. The molecule has 4 atom stereocenters. The van der Waals surface area contributed by atoms with E-state index in [0.717, 1.165) is 21.4 Å². The van der Waals surface area contributed by atoms with Crippen molar-refractivity contribution in [3.05, 3.63) is 32.2 Å². The second kappa shape index (κ2) is 46.1. The number of methoxy groups -OCH3 is 2. The Kier molecular flexibility index (Phi) is 51.9. The van der Waals surface area contributed by atoms with Gasteiger partial charge >= 0.3 is 86.4 Å². The van der Waals surface area contributed by atoms with Gasteiger partial charge in [0.1, 0.15) is 24.2 Å². The second-order valence-corrected chi connectivity index (χ2v) is 34.4. The van der Waals surface area contributed by atoms with Gasteiger partial charge in [0.2, 0.25) is 0 Å². The van der Waals surface area contributed by atoms with Crippen LogP contribution < -0.4 is 35.4 Å². The molecule has 0 aliphatic carbocycles. The molecule has 2 aromatic heterocycles. The Hall–Kier alpha value is -0.180. The van der Waals surface area contributed by atoms with E-state index in [1.165, 1.54) is 24.0 Å². The summed E-state index contributed by atoms with van der Waals surface area (Å²) in [7, 11) is 20.4. The minimum absolute atomic E-state index is 0. The number of urea groups is 2. The van der Waals surface area contributed by atoms with Gasteiger partial charge in [0.25, 0.3) is 0 Å². The molecule has 0 spiro atoms. The van der Waals surface area contributed by atoms with Gasteiger partial charge in [0.15, 0.2) is 0 Å². The van der Waals surface area contributed by atoms with Gasteiger partial charge in [0.05, 0.1) is 48.7 Å². The van der Waals surface area contributed by atoms with Crippen LogP contribution in [0.1, 0.15) is 60.9 Å². The molecular formula is C40H77I6N12O10S2-. The Morgan fingerprint density at radius 1 is 0.614 bits per heavy atom. The van der Waals surface area contributed by atoms with Crippen LogP contribution in [-0.4, -0.2) is 221 Å². The number of hydrogen-bond acceptors (Lipinski definition) is 18. The Balaban J connectivity index is -0.000000276. The van der Waals surface area contributed by atoms with Crippen molar-refractivity contribution in [2.45, 2.75) is 76.8 Å². The number of nitrogens with zero attached hydrogens (tertiary/aromatic N) is 8. The van der Waals surface area contributed by atoms with E-state index in [1.807, 2.05) is 48.8 Å². The van der Waals surface area contributed by atoms with E-state index >= 15 is 0 Å². The number of nitrogens with two attached hydrogens (primary N) is 2. The summed E-state index contributed by atoms with van der Waals surface area (Å²) >= 11 is 12.7. The number of carbonyl (C=O) groups excluding carboxylic acids is 4. The maximum absolute atomic E-state index is 12.3. The number of carbonyl (C=O) groups is 6. The molecule has 0 fully saturated rings. The molecule has 0 saturated heterocycles. The van der Waals surface area contributed by atoms with Crippen LogP contribution in [0.25, 0.3) is 0 Å². The van der Waals surface area contributed by atoms with Crippen LogP contribution in [0.3, 0.4) is 0 Å². The Morgan fingerprint density at radius 2 is 0.929 bits per heavy atom. The molecular weight excluding hydrogens is 1630 g/mol. The van der Waals surface area contributed by atoms with Gasteiger partial charge in [-0.1, -0.05) is 27.7 Å². The molecule has 0 saturated carbocycles. The number of aromatic nitrogens is 2. The van der Waals surface area contributed by atoms with Gasteiger partial charge in [-0.3, -0.25) is 9.59 Å². The molecule has 0 aliphatic rings. The third-order valence-electron chi connectivity index (χ3n) is 8.04. The van der Waals surface area contributed by atoms with Crippen molar-refractivity contribution in [1.29, 1.82) is 0 Å². The summed E-state index contributed by atoms with van der Waals surface area (Å²) in [5, 5.41) is 28.6. The van der Waals surface area contributed by atoms with E-state index < -0.39 is 48.1 Å². The standard InChI is InChI=1S/C15H26N4O3S.C14H24N4O3S.C6H14N2O2.C5H12N2O2.I3.I2.HI/c1-10(2)13-16-11(9-23-13)7-19(5)15(21)17-12(8-18(3)4)14(20)22-6;1-9(2)12-15-10(8-22-12)6-18(5)14(21)16-11(13(19)20)7-17(3)4;1-8(2)4-5(7)6(9)10-3;1-7(2)3-4(6)5(8)9;1-3-2;1-2;/h9-10,12H,7-8H2,1-6H3,(H,17,21);8-9,11H,6-7H2,1-5H3,(H,16,21)(H,19,20);5H,4,7H2,1-3H3;4H,3,6H2,1-2H3,(H,8,9);;;1H/q;;;;-1;;. The molecule has 412 valence electrons. The molecule has 0 radical (unpaired) electrons. The number of carboxylic acids is 2. The van der Waals surface area contributed by atoms with Crippen LogP contribution >= 0.6 is 121 Å². The summed E-state index contributed by atoms with van der Waals surface area (Å²) in [6, 6.07) is -3.69. The molecule has 0 aliphatic heterocycles. The minimum atomic E-state index is -1.05. The van der Waals surface area contributed by atoms with E-state index in [1.54, 1.807) is 74.8 Å². The topological polar surface area (TPSA) is 283 Å². The first kappa shape index (κ1) is 78.7. The SMILES string of the molecule is CC(C)c1nc(CN(C)C(=O)NC(CN(C)C)C(=O)O)cs1.CN(C)CC(N)C(=O)O.COC(=O)C(CN(C)C)NC(=O)N(C)Cc1csc(C(C)C)n1.COC(=O)C(N)CN(C)C.I.II.I[I-]I. The van der Waals surface area contributed by atoms with Gasteiger partial charge in [-0.05, 0) is 56.4 Å². The number of nitrogens with one attached hydrogen (secondary N) is 2. The zero-order valence-electron chi connectivity index (χ0n) is 42.9. The fraction of sp³-hybridized carbons (Fsp3) is 0.700. The zero-order valence-corrected chi connectivity index (χ0v) is 57.6. The molecule has 4 amide bonds. The maximum atomic E-state index is 12.3. The van der Waals surface area contributed by atoms with E-state index in [2.05, 4.69) is 127 Å². The van der Waals surface area contributed by atoms with Crippen LogP contribution in [0.5, 0.6) is 0 Å². The average molecular weight is 1710 g/mol. The van der Waals surface area contributed by atoms with Crippen LogP contribution in [0.15, 0.2) is 10.8 Å². The molecule has 2 aromatic rings. The molecule has 30 heteroatoms. The fourth-order valence-electron chi connectivity index (χ4n) is 4.80. The molecule has 70 heavy (non-hydrogen) atoms. The van der Waals surface area contributed by atoms with Crippen molar-refractivity contribution in [2.75, 3.05) is 111 Å². The van der Waals surface area contributed by atoms with Crippen molar-refractivity contribution in [3.63, 3.8) is 0 Å². The van der Waals surface area contributed by atoms with Gasteiger partial charge in [-0.25, -0.2) is 29.1 Å². The number of aliphatic carboxylic acids is 2. The van der Waals surface area contributed by atoms with Crippen molar-refractivity contribution >= 4 is 157 Å². The summed E-state index contributed by atoms with van der Waals surface area (Å²) in [4.78, 5) is 87.0. The summed E-state index contributed by atoms with van der Waals surface area (Å²) in [5.74, 6) is -2.11. The zero-order chi connectivity index (χ0) is 54.7. The number of likely N-dealkylation sites (N-methyl/N-ethyl adjacent to an activating group) is 4. The first-order chi connectivity index (χ1) is 32.0. The first-order valence-corrected chi connectivity index (χ1v) is 41.2. The van der Waals surface area contributed by atoms with E-state index in [9.17, 15) is 28.8 Å². The normalized spacial score (nSPS) is 12.1. The van der Waals surface area contributed by atoms with Crippen molar-refractivity contribution in [3.8, 4) is 0 Å². The van der Waals surface area contributed by atoms with Crippen molar-refractivity contribution in [1.82, 2.24) is 50.0 Å². The van der Waals surface area contributed by atoms with Gasteiger partial charge in [-0.2, -0.15) is 0 Å². The second-order valence-electron chi connectivity index (χ2n) is 16.4. The molecule has 0 aromatic carbocycles. The number of rotatable bonds is 20. The molecule has 2 heterocycles. The predicted octanol–water partition coefficient (Wildman–Crippen LogP) is 2.11. The quantitative estimate of drug-likeness (QED) is 0.0818. The molecule has 8 N–H and O–H groups in total. The van der Waals surface area contributed by atoms with Gasteiger partial charge in [-0.15, -0.1) is 46.7 Å². The monoisotopic (exact) mass is 1710 g/mol. The number of halogens is 6. The van der Waals surface area contributed by atoms with Crippen LogP contribution in [0.2, 0.25) is 0 Å². The van der Waals surface area contributed by atoms with Crippen LogP contribution in [-0.2, 0) is 41.7 Å². The number of thiazole rings is 2. The number of amides is 4. The summed E-state index contributed by atoms with van der Waals surface area (Å²) in [6.45, 7) is 10.6. The van der Waals surface area contributed by atoms with Crippen molar-refractivity contribution < 1.29 is 61.7 Å². The Labute approximate surface area is 493 Å². The number of carboxylic acid groups (broad SMARTS) is 2. The predicted molar refractivity (Wildman–Crippen MR) is 321 cm³/mol. The van der Waals surface area contributed by atoms with E-state index in [4.69, 9.17) is 26.4 Å². The average Bonchev–Trinajstić information content (AvgIpc) is 3.94. The number of ether oxygens (including phenoxy) is 2. The Bertz CT molecular complexity index is 1740. The third kappa shape index (κ3) is 41.1. The van der Waals surface area contributed by atoms with E-state index in [0.29, 0.717) is 57.8 Å². The van der Waals surface area contributed by atoms with Gasteiger partial charge < -0.3 is 71.2 Å². The van der Waals surface area contributed by atoms with Crippen molar-refractivity contribution in [2.24, 2.45) is 11.5 Å². The molecule has 4 unspecified atom stereocenters. The molecule has 22 nitrogen and oxygen atoms in total. The fourth-order valence-corrected chi connectivity index (χ4v) is 6.45. The molecule has 2 rings (SSSR count). The first-order valence-electron chi connectivity index (χ1n) is 20.6. The summed E-state index contributed by atoms with van der Waals surface area (Å²) in [5.41, 5.74) is 12.2. The number of esters is 2. The summed E-state index contributed by atoms with van der Waals surface area (Å²) in [6.07, 6.45) is 0. The van der Waals surface area contributed by atoms with Crippen LogP contribution in [0.4, 0.5) is 9.59 Å².